The summed E-state index contributed by atoms with van der Waals surface area (Å²) in [5, 5.41) is 0. The minimum Gasteiger partial charge on any atom is -0.477 e. The normalized spacial score (nSPS) is 10.2. The number of para-hydroxylation sites is 1. The molecule has 0 unspecified atom stereocenters. The first-order valence-corrected chi connectivity index (χ1v) is 7.29. The molecule has 3 aromatic rings. The second-order valence-electron chi connectivity index (χ2n) is 5.21. The summed E-state index contributed by atoms with van der Waals surface area (Å²) < 4.78 is 0. The molecule has 0 aliphatic heterocycles. The maximum atomic E-state index is 4.78. The minimum atomic E-state index is 0. The van der Waals surface area contributed by atoms with Gasteiger partial charge in [0, 0.05) is 32.9 Å². The Bertz CT molecular complexity index is 730. The zero-order valence-electron chi connectivity index (χ0n) is 13.1. The first-order chi connectivity index (χ1) is 10.8. The molecule has 0 aliphatic carbocycles. The molecule has 2 heterocycles. The van der Waals surface area contributed by atoms with Crippen LogP contribution in [0.4, 0.5) is 11.5 Å². The van der Waals surface area contributed by atoms with Crippen LogP contribution in [0.2, 0.25) is 0 Å². The number of rotatable bonds is 4. The number of pyridine rings is 2. The van der Waals surface area contributed by atoms with Crippen LogP contribution >= 0.6 is 0 Å². The van der Waals surface area contributed by atoms with Crippen molar-refractivity contribution in [2.24, 2.45) is 0 Å². The molecule has 0 aliphatic rings. The molecular formula is C19H18N3Pt-. The van der Waals surface area contributed by atoms with Gasteiger partial charge in [0.15, 0.2) is 0 Å². The van der Waals surface area contributed by atoms with Gasteiger partial charge in [0.05, 0.1) is 11.4 Å². The fourth-order valence-corrected chi connectivity index (χ4v) is 2.40. The number of aromatic nitrogens is 2. The molecule has 0 spiro atoms. The van der Waals surface area contributed by atoms with Gasteiger partial charge in [0.2, 0.25) is 0 Å². The summed E-state index contributed by atoms with van der Waals surface area (Å²) in [6.07, 6.45) is 1.79. The van der Waals surface area contributed by atoms with Crippen LogP contribution in [0, 0.1) is 6.04 Å². The molecule has 0 bridgehead atoms. The van der Waals surface area contributed by atoms with Crippen molar-refractivity contribution in [1.29, 1.82) is 0 Å². The van der Waals surface area contributed by atoms with E-state index in [2.05, 4.69) is 35.9 Å². The smallest absolute Gasteiger partial charge is 0.104 e. The average molecular weight is 483 g/mol. The SMILES string of the molecule is C[C-](C)N(c1ccccc1)c1cccc(-c2ccccn2)n1.[Pt]. The number of benzene rings is 1. The molecule has 0 amide bonds. The van der Waals surface area contributed by atoms with Crippen LogP contribution in [-0.2, 0) is 21.1 Å². The molecule has 0 radical (unpaired) electrons. The molecule has 0 atom stereocenters. The Kier molecular flexibility index (Phi) is 6.06. The molecule has 0 fully saturated rings. The van der Waals surface area contributed by atoms with E-state index in [0.717, 1.165) is 28.9 Å². The minimum absolute atomic E-state index is 0. The maximum absolute atomic E-state index is 4.78. The molecule has 0 saturated carbocycles. The molecule has 1 aromatic carbocycles. The zero-order valence-corrected chi connectivity index (χ0v) is 15.4. The van der Waals surface area contributed by atoms with Gasteiger partial charge in [-0.15, -0.1) is 0 Å². The Hall–Kier alpha value is -1.99. The van der Waals surface area contributed by atoms with Crippen molar-refractivity contribution >= 4 is 11.5 Å². The van der Waals surface area contributed by atoms with Gasteiger partial charge in [-0.2, -0.15) is 13.8 Å². The summed E-state index contributed by atoms with van der Waals surface area (Å²) in [5.41, 5.74) is 2.86. The third kappa shape index (κ3) is 4.05. The monoisotopic (exact) mass is 483 g/mol. The second-order valence-corrected chi connectivity index (χ2v) is 5.21. The third-order valence-electron chi connectivity index (χ3n) is 3.35. The van der Waals surface area contributed by atoms with Crippen molar-refractivity contribution in [3.05, 3.63) is 79.0 Å². The predicted molar refractivity (Wildman–Crippen MR) is 90.6 cm³/mol. The summed E-state index contributed by atoms with van der Waals surface area (Å²) in [6, 6.07) is 23.3. The summed E-state index contributed by atoms with van der Waals surface area (Å²) in [5.74, 6) is 0.898. The van der Waals surface area contributed by atoms with Crippen molar-refractivity contribution in [3.8, 4) is 11.4 Å². The van der Waals surface area contributed by atoms with E-state index in [1.165, 1.54) is 0 Å². The number of hydrogen-bond donors (Lipinski definition) is 0. The largest absolute Gasteiger partial charge is 0.477 e. The Morgan fingerprint density at radius 3 is 2.13 bits per heavy atom. The van der Waals surface area contributed by atoms with Gasteiger partial charge in [-0.25, -0.2) is 11.0 Å². The van der Waals surface area contributed by atoms with Gasteiger partial charge in [0.25, 0.3) is 0 Å². The number of nitrogens with zero attached hydrogens (tertiary/aromatic N) is 3. The average Bonchev–Trinajstić information content (AvgIpc) is 2.57. The molecular weight excluding hydrogens is 465 g/mol. The molecule has 3 rings (SSSR count). The van der Waals surface area contributed by atoms with Crippen molar-refractivity contribution in [3.63, 3.8) is 0 Å². The van der Waals surface area contributed by atoms with Gasteiger partial charge >= 0.3 is 0 Å². The van der Waals surface area contributed by atoms with Crippen LogP contribution in [0.3, 0.4) is 0 Å². The van der Waals surface area contributed by atoms with Crippen LogP contribution in [0.25, 0.3) is 11.4 Å². The third-order valence-corrected chi connectivity index (χ3v) is 3.35. The van der Waals surface area contributed by atoms with E-state index in [1.807, 2.05) is 54.6 Å². The van der Waals surface area contributed by atoms with Gasteiger partial charge in [0.1, 0.15) is 5.82 Å². The second kappa shape index (κ2) is 8.03. The number of hydrogen-bond acceptors (Lipinski definition) is 3. The molecule has 0 saturated heterocycles. The molecule has 4 heteroatoms. The summed E-state index contributed by atoms with van der Waals surface area (Å²) in [6.45, 7) is 4.17. The van der Waals surface area contributed by atoms with Crippen LogP contribution in [0.1, 0.15) is 13.8 Å². The van der Waals surface area contributed by atoms with Crippen molar-refractivity contribution in [2.45, 2.75) is 13.8 Å². The van der Waals surface area contributed by atoms with E-state index in [0.29, 0.717) is 0 Å². The summed E-state index contributed by atoms with van der Waals surface area (Å²) >= 11 is 0. The summed E-state index contributed by atoms with van der Waals surface area (Å²) in [4.78, 5) is 11.3. The van der Waals surface area contributed by atoms with E-state index < -0.39 is 0 Å². The van der Waals surface area contributed by atoms with Crippen molar-refractivity contribution < 1.29 is 21.1 Å². The van der Waals surface area contributed by atoms with Gasteiger partial charge in [-0.05, 0) is 36.4 Å². The van der Waals surface area contributed by atoms with E-state index >= 15 is 0 Å². The van der Waals surface area contributed by atoms with Gasteiger partial charge < -0.3 is 4.90 Å². The fraction of sp³-hybridized carbons (Fsp3) is 0.105. The standard InChI is InChI=1S/C19H18N3.Pt/c1-15(2)22(16-9-4-3-5-10-16)19-13-8-12-18(21-19)17-11-6-7-14-20-17;/h3-14H,1-2H3;/q-1;. The molecule has 23 heavy (non-hydrogen) atoms. The topological polar surface area (TPSA) is 29.0 Å². The fourth-order valence-electron chi connectivity index (χ4n) is 2.40. The Morgan fingerprint density at radius 2 is 1.48 bits per heavy atom. The number of anilines is 2. The van der Waals surface area contributed by atoms with Crippen LogP contribution in [0.15, 0.2) is 72.9 Å². The molecule has 120 valence electrons. The molecule has 0 N–H and O–H groups in total. The van der Waals surface area contributed by atoms with Crippen LogP contribution in [-0.4, -0.2) is 9.97 Å². The Labute approximate surface area is 151 Å². The first-order valence-electron chi connectivity index (χ1n) is 7.29. The Balaban J connectivity index is 0.00000192. The van der Waals surface area contributed by atoms with E-state index in [9.17, 15) is 0 Å². The maximum Gasteiger partial charge on any atom is 0.104 e. The van der Waals surface area contributed by atoms with E-state index in [1.54, 1.807) is 6.20 Å². The predicted octanol–water partition coefficient (Wildman–Crippen LogP) is 4.85. The molecule has 3 nitrogen and oxygen atoms in total. The van der Waals surface area contributed by atoms with Gasteiger partial charge in [-0.3, -0.25) is 4.98 Å². The van der Waals surface area contributed by atoms with Crippen molar-refractivity contribution in [1.82, 2.24) is 9.97 Å². The van der Waals surface area contributed by atoms with Gasteiger partial charge in [-0.1, -0.05) is 30.3 Å². The quantitative estimate of drug-likeness (QED) is 0.497. The zero-order chi connectivity index (χ0) is 15.4. The van der Waals surface area contributed by atoms with E-state index in [-0.39, 0.29) is 21.1 Å². The van der Waals surface area contributed by atoms with Crippen LogP contribution in [0.5, 0.6) is 0 Å². The summed E-state index contributed by atoms with van der Waals surface area (Å²) in [7, 11) is 0. The molecule has 2 aromatic heterocycles. The van der Waals surface area contributed by atoms with E-state index in [4.69, 9.17) is 4.98 Å². The Morgan fingerprint density at radius 1 is 0.783 bits per heavy atom. The van der Waals surface area contributed by atoms with Crippen molar-refractivity contribution in [2.75, 3.05) is 4.90 Å². The first kappa shape index (κ1) is 17.4. The van der Waals surface area contributed by atoms with Crippen LogP contribution < -0.4 is 4.90 Å².